The van der Waals surface area contributed by atoms with Gasteiger partial charge in [-0.05, 0) is 26.7 Å². The van der Waals surface area contributed by atoms with E-state index in [1.54, 1.807) is 6.08 Å². The van der Waals surface area contributed by atoms with Crippen molar-refractivity contribution in [2.75, 3.05) is 6.61 Å². The Morgan fingerprint density at radius 1 is 1.40 bits per heavy atom. The molecule has 86 valence electrons. The molecule has 1 aliphatic heterocycles. The Morgan fingerprint density at radius 2 is 1.93 bits per heavy atom. The monoisotopic (exact) mass is 210 g/mol. The molecule has 0 aliphatic carbocycles. The number of allylic oxidation sites excluding steroid dienone is 2. The summed E-state index contributed by atoms with van der Waals surface area (Å²) < 4.78 is 5.75. The first-order valence-electron chi connectivity index (χ1n) is 5.75. The molecule has 0 unspecified atom stereocenters. The molecule has 0 N–H and O–H groups in total. The summed E-state index contributed by atoms with van der Waals surface area (Å²) in [6, 6.07) is 0. The molecule has 0 radical (unpaired) electrons. The van der Waals surface area contributed by atoms with Gasteiger partial charge in [0.1, 0.15) is 12.4 Å². The van der Waals surface area contributed by atoms with Crippen LogP contribution in [0.2, 0.25) is 0 Å². The highest BCUT2D eigenvalue weighted by Gasteiger charge is 2.37. The summed E-state index contributed by atoms with van der Waals surface area (Å²) in [5.41, 5.74) is -0.335. The Hall–Kier alpha value is -0.790. The number of rotatable bonds is 3. The maximum Gasteiger partial charge on any atom is 0.168 e. The minimum atomic E-state index is -0.355. The van der Waals surface area contributed by atoms with E-state index in [2.05, 4.69) is 20.8 Å². The maximum atomic E-state index is 11.8. The largest absolute Gasteiger partial charge is 0.496 e. The van der Waals surface area contributed by atoms with Crippen LogP contribution in [0.25, 0.3) is 0 Å². The molecule has 0 fully saturated rings. The molecule has 0 atom stereocenters. The molecule has 0 aromatic carbocycles. The maximum absolute atomic E-state index is 11.8. The summed E-state index contributed by atoms with van der Waals surface area (Å²) in [5, 5.41) is 0. The van der Waals surface area contributed by atoms with Crippen molar-refractivity contribution in [3.8, 4) is 0 Å². The van der Waals surface area contributed by atoms with Gasteiger partial charge in [-0.2, -0.15) is 0 Å². The normalized spacial score (nSPS) is 20.9. The summed E-state index contributed by atoms with van der Waals surface area (Å²) >= 11 is 0. The van der Waals surface area contributed by atoms with Crippen LogP contribution in [0.5, 0.6) is 0 Å². The van der Waals surface area contributed by atoms with Crippen molar-refractivity contribution in [2.24, 2.45) is 10.8 Å². The summed E-state index contributed by atoms with van der Waals surface area (Å²) in [4.78, 5) is 11.8. The number of carbonyl (C=O) groups is 1. The second-order valence-corrected chi connectivity index (χ2v) is 5.31. The standard InChI is InChI=1S/C13H22O2/c1-6-13(5,7-2)11-8-10(14)12(3,4)9-15-11/h8H,6-7,9H2,1-5H3. The van der Waals surface area contributed by atoms with E-state index in [1.807, 2.05) is 13.8 Å². The van der Waals surface area contributed by atoms with Gasteiger partial charge in [-0.15, -0.1) is 0 Å². The van der Waals surface area contributed by atoms with Crippen LogP contribution in [0, 0.1) is 10.8 Å². The van der Waals surface area contributed by atoms with Crippen LogP contribution in [0.3, 0.4) is 0 Å². The zero-order valence-electron chi connectivity index (χ0n) is 10.5. The zero-order chi connectivity index (χ0) is 11.7. The van der Waals surface area contributed by atoms with Crippen molar-refractivity contribution in [1.82, 2.24) is 0 Å². The molecular formula is C13H22O2. The highest BCUT2D eigenvalue weighted by molar-refractivity contribution is 5.95. The molecule has 1 heterocycles. The fourth-order valence-electron chi connectivity index (χ4n) is 1.63. The van der Waals surface area contributed by atoms with Gasteiger partial charge in [0.25, 0.3) is 0 Å². The van der Waals surface area contributed by atoms with Gasteiger partial charge < -0.3 is 4.74 Å². The van der Waals surface area contributed by atoms with Crippen molar-refractivity contribution in [3.63, 3.8) is 0 Å². The second kappa shape index (κ2) is 3.99. The quantitative estimate of drug-likeness (QED) is 0.714. The molecule has 15 heavy (non-hydrogen) atoms. The molecule has 0 spiro atoms. The van der Waals surface area contributed by atoms with Gasteiger partial charge in [0.15, 0.2) is 5.78 Å². The van der Waals surface area contributed by atoms with Crippen LogP contribution in [-0.2, 0) is 9.53 Å². The third-order valence-electron chi connectivity index (χ3n) is 3.67. The summed E-state index contributed by atoms with van der Waals surface area (Å²) in [6.45, 7) is 10.8. The van der Waals surface area contributed by atoms with Gasteiger partial charge in [0.2, 0.25) is 0 Å². The number of hydrogen-bond donors (Lipinski definition) is 0. The van der Waals surface area contributed by atoms with E-state index in [0.717, 1.165) is 18.6 Å². The SMILES string of the molecule is CCC(C)(CC)C1=CC(=O)C(C)(C)CO1. The molecule has 0 aromatic heterocycles. The first-order chi connectivity index (χ1) is 6.85. The topological polar surface area (TPSA) is 26.3 Å². The summed E-state index contributed by atoms with van der Waals surface area (Å²) in [7, 11) is 0. The first-order valence-corrected chi connectivity index (χ1v) is 5.75. The number of ether oxygens (including phenoxy) is 1. The predicted octanol–water partition coefficient (Wildman–Crippen LogP) is 3.32. The lowest BCUT2D eigenvalue weighted by Crippen LogP contribution is -2.35. The molecule has 0 saturated heterocycles. The molecule has 0 aromatic rings. The van der Waals surface area contributed by atoms with Gasteiger partial charge >= 0.3 is 0 Å². The predicted molar refractivity (Wildman–Crippen MR) is 61.5 cm³/mol. The van der Waals surface area contributed by atoms with Gasteiger partial charge in [0, 0.05) is 11.5 Å². The van der Waals surface area contributed by atoms with Crippen LogP contribution in [0.4, 0.5) is 0 Å². The Kier molecular flexibility index (Phi) is 3.27. The van der Waals surface area contributed by atoms with Crippen molar-refractivity contribution in [1.29, 1.82) is 0 Å². The highest BCUT2D eigenvalue weighted by atomic mass is 16.5. The first kappa shape index (κ1) is 12.3. The van der Waals surface area contributed by atoms with E-state index < -0.39 is 0 Å². The van der Waals surface area contributed by atoms with Crippen LogP contribution >= 0.6 is 0 Å². The van der Waals surface area contributed by atoms with E-state index in [9.17, 15) is 4.79 Å². The smallest absolute Gasteiger partial charge is 0.168 e. The lowest BCUT2D eigenvalue weighted by Gasteiger charge is -2.36. The van der Waals surface area contributed by atoms with Crippen molar-refractivity contribution < 1.29 is 9.53 Å². The molecule has 0 saturated carbocycles. The van der Waals surface area contributed by atoms with E-state index in [1.165, 1.54) is 0 Å². The Balaban J connectivity index is 2.96. The van der Waals surface area contributed by atoms with Crippen LogP contribution in [0.15, 0.2) is 11.8 Å². The molecule has 0 amide bonds. The summed E-state index contributed by atoms with van der Waals surface area (Å²) in [6.07, 6.45) is 3.71. The minimum Gasteiger partial charge on any atom is -0.496 e. The van der Waals surface area contributed by atoms with E-state index >= 15 is 0 Å². The average molecular weight is 210 g/mol. The van der Waals surface area contributed by atoms with Crippen LogP contribution < -0.4 is 0 Å². The molecule has 1 rings (SSSR count). The second-order valence-electron chi connectivity index (χ2n) is 5.31. The molecule has 2 heteroatoms. The molecule has 1 aliphatic rings. The Labute approximate surface area is 92.7 Å². The zero-order valence-corrected chi connectivity index (χ0v) is 10.5. The number of ketones is 1. The van der Waals surface area contributed by atoms with Gasteiger partial charge in [-0.1, -0.05) is 20.8 Å². The van der Waals surface area contributed by atoms with E-state index in [4.69, 9.17) is 4.74 Å². The van der Waals surface area contributed by atoms with Crippen LogP contribution in [-0.4, -0.2) is 12.4 Å². The van der Waals surface area contributed by atoms with Crippen molar-refractivity contribution in [3.05, 3.63) is 11.8 Å². The number of hydrogen-bond acceptors (Lipinski definition) is 2. The van der Waals surface area contributed by atoms with Gasteiger partial charge in [-0.3, -0.25) is 4.79 Å². The fourth-order valence-corrected chi connectivity index (χ4v) is 1.63. The number of carbonyl (C=O) groups excluding carboxylic acids is 1. The van der Waals surface area contributed by atoms with Gasteiger partial charge in [-0.25, -0.2) is 0 Å². The third kappa shape index (κ3) is 2.24. The average Bonchev–Trinajstić information content (AvgIpc) is 2.21. The lowest BCUT2D eigenvalue weighted by molar-refractivity contribution is -0.127. The highest BCUT2D eigenvalue weighted by Crippen LogP contribution is 2.39. The third-order valence-corrected chi connectivity index (χ3v) is 3.67. The van der Waals surface area contributed by atoms with Crippen LogP contribution in [0.1, 0.15) is 47.5 Å². The molecule has 2 nitrogen and oxygen atoms in total. The molecular weight excluding hydrogens is 188 g/mol. The lowest BCUT2D eigenvalue weighted by atomic mass is 9.78. The minimum absolute atomic E-state index is 0.0200. The fraction of sp³-hybridized carbons (Fsp3) is 0.769. The summed E-state index contributed by atoms with van der Waals surface area (Å²) in [5.74, 6) is 1.06. The Bertz CT molecular complexity index is 283. The van der Waals surface area contributed by atoms with E-state index in [-0.39, 0.29) is 16.6 Å². The van der Waals surface area contributed by atoms with E-state index in [0.29, 0.717) is 6.61 Å². The van der Waals surface area contributed by atoms with Crippen molar-refractivity contribution in [2.45, 2.75) is 47.5 Å². The Morgan fingerprint density at radius 3 is 2.33 bits per heavy atom. The van der Waals surface area contributed by atoms with Crippen molar-refractivity contribution >= 4 is 5.78 Å². The van der Waals surface area contributed by atoms with Gasteiger partial charge in [0.05, 0.1) is 5.41 Å². The molecule has 0 bridgehead atoms.